The highest BCUT2D eigenvalue weighted by atomic mass is 32.2. The van der Waals surface area contributed by atoms with E-state index in [2.05, 4.69) is 11.9 Å². The molecule has 2 saturated heterocycles. The number of hydrogen-bond donors (Lipinski definition) is 0. The first-order valence-corrected chi connectivity index (χ1v) is 6.02. The Hall–Kier alpha value is -0.0200. The number of carbonyl (C=O) groups is 1. The zero-order valence-electron chi connectivity index (χ0n) is 8.91. The number of fused-ring (bicyclic) bond motifs is 2. The highest BCUT2D eigenvalue weighted by Crippen LogP contribution is 2.46. The second-order valence-corrected chi connectivity index (χ2v) is 4.85. The molecule has 2 heterocycles. The van der Waals surface area contributed by atoms with Gasteiger partial charge >= 0.3 is 0 Å². The van der Waals surface area contributed by atoms with E-state index in [1.165, 1.54) is 12.8 Å². The summed E-state index contributed by atoms with van der Waals surface area (Å²) in [5.41, 5.74) is 0. The van der Waals surface area contributed by atoms with Gasteiger partial charge < -0.3 is 0 Å². The summed E-state index contributed by atoms with van der Waals surface area (Å²) in [5, 5.41) is 1.23. The number of likely N-dealkylation sites (N-methyl/N-ethyl adjacent to an activating group) is 1. The van der Waals surface area contributed by atoms with Gasteiger partial charge in [0.2, 0.25) is 0 Å². The molecule has 2 nitrogen and oxygen atoms in total. The molecule has 0 aromatic carbocycles. The Labute approximate surface area is 85.1 Å². The molecule has 3 unspecified atom stereocenters. The SMILES string of the molecule is CC.CC(=O)C1C2CCC(S2)N1C. The molecule has 0 aliphatic carbocycles. The Morgan fingerprint density at radius 2 is 2.00 bits per heavy atom. The molecule has 0 spiro atoms. The zero-order valence-corrected chi connectivity index (χ0v) is 9.73. The van der Waals surface area contributed by atoms with Gasteiger partial charge in [0.15, 0.2) is 0 Å². The van der Waals surface area contributed by atoms with Crippen LogP contribution in [0.25, 0.3) is 0 Å². The number of rotatable bonds is 1. The predicted octanol–water partition coefficient (Wildman–Crippen LogP) is 2.14. The van der Waals surface area contributed by atoms with Crippen LogP contribution in [-0.4, -0.2) is 34.4 Å². The van der Waals surface area contributed by atoms with Crippen LogP contribution in [-0.2, 0) is 4.79 Å². The number of thioether (sulfide) groups is 1. The predicted molar refractivity (Wildman–Crippen MR) is 58.0 cm³/mol. The number of carbonyl (C=O) groups excluding carboxylic acids is 1. The number of nitrogens with zero attached hydrogens (tertiary/aromatic N) is 1. The molecule has 76 valence electrons. The smallest absolute Gasteiger partial charge is 0.148 e. The minimum Gasteiger partial charge on any atom is -0.298 e. The average molecular weight is 201 g/mol. The fourth-order valence-electron chi connectivity index (χ4n) is 2.17. The summed E-state index contributed by atoms with van der Waals surface area (Å²) >= 11 is 1.98. The molecule has 2 rings (SSSR count). The zero-order chi connectivity index (χ0) is 10.0. The van der Waals surface area contributed by atoms with E-state index in [1.54, 1.807) is 6.92 Å². The Morgan fingerprint density at radius 1 is 1.38 bits per heavy atom. The van der Waals surface area contributed by atoms with E-state index in [1.807, 2.05) is 25.6 Å². The molecular formula is C10H19NOS. The monoisotopic (exact) mass is 201 g/mol. The summed E-state index contributed by atoms with van der Waals surface area (Å²) in [6.07, 6.45) is 2.51. The maximum atomic E-state index is 11.2. The standard InChI is InChI=1S/C8H13NOS.C2H6/c1-5(10)8-6-3-4-7(11-6)9(8)2;1-2/h6-8H,3-4H2,1-2H3;1-2H3. The van der Waals surface area contributed by atoms with Crippen LogP contribution in [0.4, 0.5) is 0 Å². The van der Waals surface area contributed by atoms with Crippen molar-refractivity contribution in [2.45, 2.75) is 50.3 Å². The summed E-state index contributed by atoms with van der Waals surface area (Å²) in [7, 11) is 2.07. The summed E-state index contributed by atoms with van der Waals surface area (Å²) in [4.78, 5) is 13.4. The fourth-order valence-corrected chi connectivity index (χ4v) is 3.97. The topological polar surface area (TPSA) is 20.3 Å². The summed E-state index contributed by atoms with van der Waals surface area (Å²) in [5.74, 6) is 0.340. The molecule has 2 bridgehead atoms. The lowest BCUT2D eigenvalue weighted by Gasteiger charge is -2.28. The lowest BCUT2D eigenvalue weighted by atomic mass is 10.0. The molecule has 0 N–H and O–H groups in total. The van der Waals surface area contributed by atoms with Gasteiger partial charge in [-0.15, -0.1) is 11.8 Å². The van der Waals surface area contributed by atoms with Crippen LogP contribution in [0.15, 0.2) is 0 Å². The van der Waals surface area contributed by atoms with Crippen LogP contribution in [0.5, 0.6) is 0 Å². The summed E-state index contributed by atoms with van der Waals surface area (Å²) < 4.78 is 0. The first-order chi connectivity index (χ1) is 6.20. The van der Waals surface area contributed by atoms with Gasteiger partial charge in [-0.25, -0.2) is 0 Å². The summed E-state index contributed by atoms with van der Waals surface area (Å²) in [6, 6.07) is 0.221. The molecule has 2 aliphatic rings. The first-order valence-electron chi connectivity index (χ1n) is 5.08. The molecule has 0 saturated carbocycles. The van der Waals surface area contributed by atoms with Crippen molar-refractivity contribution in [3.05, 3.63) is 0 Å². The molecule has 2 aliphatic heterocycles. The highest BCUT2D eigenvalue weighted by molar-refractivity contribution is 8.01. The molecule has 3 atom stereocenters. The lowest BCUT2D eigenvalue weighted by Crippen LogP contribution is -2.43. The van der Waals surface area contributed by atoms with Gasteiger partial charge in [-0.1, -0.05) is 13.8 Å². The Morgan fingerprint density at radius 3 is 2.31 bits per heavy atom. The number of piperidine rings is 1. The van der Waals surface area contributed by atoms with Gasteiger partial charge in [0.1, 0.15) is 5.78 Å². The van der Waals surface area contributed by atoms with Crippen molar-refractivity contribution < 1.29 is 4.79 Å². The number of Topliss-reactive ketones (excluding diaryl/α,β-unsaturated/α-hetero) is 1. The van der Waals surface area contributed by atoms with Crippen molar-refractivity contribution in [1.29, 1.82) is 0 Å². The van der Waals surface area contributed by atoms with Crippen LogP contribution in [0.3, 0.4) is 0 Å². The van der Waals surface area contributed by atoms with Gasteiger partial charge in [-0.3, -0.25) is 9.69 Å². The number of ketones is 1. The Bertz CT molecular complexity index is 193. The van der Waals surface area contributed by atoms with Crippen LogP contribution in [0.2, 0.25) is 0 Å². The van der Waals surface area contributed by atoms with Crippen molar-refractivity contribution in [2.75, 3.05) is 7.05 Å². The average Bonchev–Trinajstić information content (AvgIpc) is 2.66. The number of likely N-dealkylation sites (tertiary alicyclic amines) is 1. The van der Waals surface area contributed by atoms with E-state index in [-0.39, 0.29) is 6.04 Å². The molecule has 13 heavy (non-hydrogen) atoms. The van der Waals surface area contributed by atoms with Crippen LogP contribution in [0.1, 0.15) is 33.6 Å². The second kappa shape index (κ2) is 4.47. The van der Waals surface area contributed by atoms with E-state index < -0.39 is 0 Å². The third kappa shape index (κ3) is 1.91. The van der Waals surface area contributed by atoms with E-state index in [0.717, 1.165) is 0 Å². The van der Waals surface area contributed by atoms with E-state index in [4.69, 9.17) is 0 Å². The van der Waals surface area contributed by atoms with Gasteiger partial charge in [0.25, 0.3) is 0 Å². The third-order valence-corrected chi connectivity index (χ3v) is 4.42. The molecule has 0 amide bonds. The molecule has 2 fully saturated rings. The van der Waals surface area contributed by atoms with E-state index >= 15 is 0 Å². The maximum absolute atomic E-state index is 11.2. The Kier molecular flexibility index (Phi) is 3.80. The molecule has 3 heteroatoms. The normalized spacial score (nSPS) is 37.1. The number of hydrogen-bond acceptors (Lipinski definition) is 3. The Balaban J connectivity index is 0.000000396. The van der Waals surface area contributed by atoms with Gasteiger partial charge in [-0.2, -0.15) is 0 Å². The maximum Gasteiger partial charge on any atom is 0.148 e. The molecular weight excluding hydrogens is 182 g/mol. The van der Waals surface area contributed by atoms with Gasteiger partial charge in [0, 0.05) is 5.25 Å². The lowest BCUT2D eigenvalue weighted by molar-refractivity contribution is -0.122. The van der Waals surface area contributed by atoms with E-state index in [0.29, 0.717) is 16.4 Å². The molecule has 0 aromatic rings. The van der Waals surface area contributed by atoms with Crippen molar-refractivity contribution in [1.82, 2.24) is 4.90 Å². The van der Waals surface area contributed by atoms with E-state index in [9.17, 15) is 4.79 Å². The van der Waals surface area contributed by atoms with Gasteiger partial charge in [-0.05, 0) is 26.8 Å². The summed E-state index contributed by atoms with van der Waals surface area (Å²) in [6.45, 7) is 5.71. The minimum absolute atomic E-state index is 0.221. The first kappa shape index (κ1) is 11.1. The third-order valence-electron chi connectivity index (χ3n) is 2.69. The molecule has 0 radical (unpaired) electrons. The largest absolute Gasteiger partial charge is 0.298 e. The van der Waals surface area contributed by atoms with Crippen molar-refractivity contribution >= 4 is 17.5 Å². The molecule has 0 aromatic heterocycles. The van der Waals surface area contributed by atoms with Crippen molar-refractivity contribution in [2.24, 2.45) is 0 Å². The second-order valence-electron chi connectivity index (χ2n) is 3.43. The highest BCUT2D eigenvalue weighted by Gasteiger charge is 2.46. The van der Waals surface area contributed by atoms with Crippen molar-refractivity contribution in [3.8, 4) is 0 Å². The van der Waals surface area contributed by atoms with Crippen LogP contribution >= 0.6 is 11.8 Å². The fraction of sp³-hybridized carbons (Fsp3) is 0.900. The van der Waals surface area contributed by atoms with Gasteiger partial charge in [0.05, 0.1) is 11.4 Å². The van der Waals surface area contributed by atoms with Crippen LogP contribution < -0.4 is 0 Å². The minimum atomic E-state index is 0.221. The van der Waals surface area contributed by atoms with Crippen molar-refractivity contribution in [3.63, 3.8) is 0 Å². The van der Waals surface area contributed by atoms with Crippen LogP contribution in [0, 0.1) is 0 Å². The quantitative estimate of drug-likeness (QED) is 0.648.